The zero-order chi connectivity index (χ0) is 28.6. The highest BCUT2D eigenvalue weighted by Crippen LogP contribution is 2.34. The van der Waals surface area contributed by atoms with Crippen LogP contribution in [0.3, 0.4) is 0 Å². The van der Waals surface area contributed by atoms with Crippen molar-refractivity contribution in [2.24, 2.45) is 0 Å². The lowest BCUT2D eigenvalue weighted by molar-refractivity contribution is -0.143. The van der Waals surface area contributed by atoms with Gasteiger partial charge >= 0.3 is 6.09 Å². The van der Waals surface area contributed by atoms with Crippen LogP contribution in [0.15, 0.2) is 42.5 Å². The van der Waals surface area contributed by atoms with Gasteiger partial charge in [-0.15, -0.1) is 0 Å². The number of nitrogens with zero attached hydrogens (tertiary/aromatic N) is 1. The van der Waals surface area contributed by atoms with Crippen molar-refractivity contribution in [3.63, 3.8) is 0 Å². The first kappa shape index (κ1) is 31.3. The highest BCUT2D eigenvalue weighted by atomic mass is 35.5. The zero-order valence-electron chi connectivity index (χ0n) is 23.0. The highest BCUT2D eigenvalue weighted by Gasteiger charge is 2.39. The van der Waals surface area contributed by atoms with Crippen molar-refractivity contribution < 1.29 is 24.2 Å². The molecule has 2 aromatic rings. The first-order chi connectivity index (χ1) is 17.8. The molecule has 0 radical (unpaired) electrons. The number of anilines is 1. The van der Waals surface area contributed by atoms with Crippen molar-refractivity contribution in [3.8, 4) is 5.75 Å². The van der Waals surface area contributed by atoms with Crippen molar-refractivity contribution in [1.82, 2.24) is 10.2 Å². The van der Waals surface area contributed by atoms with Crippen LogP contribution in [0.2, 0.25) is 5.02 Å². The number of carbonyl (C=O) groups is 3. The van der Waals surface area contributed by atoms with Crippen LogP contribution >= 0.6 is 23.4 Å². The minimum Gasteiger partial charge on any atom is -0.508 e. The van der Waals surface area contributed by atoms with Crippen LogP contribution in [0.5, 0.6) is 5.75 Å². The Morgan fingerprint density at radius 1 is 1.11 bits per heavy atom. The summed E-state index contributed by atoms with van der Waals surface area (Å²) in [5.41, 5.74) is 0.660. The summed E-state index contributed by atoms with van der Waals surface area (Å²) in [6.45, 7) is 10.6. The molecule has 208 valence electrons. The van der Waals surface area contributed by atoms with Crippen LogP contribution in [0.4, 0.5) is 10.5 Å². The van der Waals surface area contributed by atoms with E-state index >= 15 is 0 Å². The molecule has 0 aliphatic heterocycles. The van der Waals surface area contributed by atoms with E-state index in [4.69, 9.17) is 16.3 Å². The Kier molecular flexibility index (Phi) is 11.3. The number of benzene rings is 2. The molecule has 2 unspecified atom stereocenters. The van der Waals surface area contributed by atoms with Gasteiger partial charge in [0.25, 0.3) is 5.91 Å². The minimum absolute atomic E-state index is 0.136. The van der Waals surface area contributed by atoms with Crippen molar-refractivity contribution in [2.75, 3.05) is 17.3 Å². The molecule has 0 fully saturated rings. The van der Waals surface area contributed by atoms with Crippen LogP contribution < -0.4 is 10.6 Å². The van der Waals surface area contributed by atoms with E-state index in [2.05, 4.69) is 10.6 Å². The Morgan fingerprint density at radius 3 is 2.32 bits per heavy atom. The topological polar surface area (TPSA) is 108 Å². The monoisotopic (exact) mass is 563 g/mol. The first-order valence-electron chi connectivity index (χ1n) is 12.4. The van der Waals surface area contributed by atoms with E-state index in [-0.39, 0.29) is 11.3 Å². The Balaban J connectivity index is 2.55. The number of thioether (sulfide) groups is 1. The molecule has 2 aromatic carbocycles. The summed E-state index contributed by atoms with van der Waals surface area (Å²) >= 11 is 7.90. The van der Waals surface area contributed by atoms with Crippen LogP contribution in [0.1, 0.15) is 58.2 Å². The average molecular weight is 564 g/mol. The maximum atomic E-state index is 14.1. The number of hydrogen-bond donors (Lipinski definition) is 3. The fraction of sp³-hybridized carbons (Fsp3) is 0.464. The average Bonchev–Trinajstić information content (AvgIpc) is 2.81. The van der Waals surface area contributed by atoms with E-state index in [1.54, 1.807) is 65.0 Å². The van der Waals surface area contributed by atoms with Gasteiger partial charge in [-0.1, -0.05) is 41.9 Å². The molecule has 10 heteroatoms. The van der Waals surface area contributed by atoms with Gasteiger partial charge in [0.15, 0.2) is 0 Å². The summed E-state index contributed by atoms with van der Waals surface area (Å²) in [5.74, 6) is -0.572. The Morgan fingerprint density at radius 2 is 1.76 bits per heavy atom. The summed E-state index contributed by atoms with van der Waals surface area (Å²) in [6, 6.07) is 8.99. The molecule has 0 heterocycles. The fourth-order valence-electron chi connectivity index (χ4n) is 3.92. The summed E-state index contributed by atoms with van der Waals surface area (Å²) in [7, 11) is 0. The molecule has 8 nitrogen and oxygen atoms in total. The number of nitrogens with one attached hydrogen (secondary N) is 2. The van der Waals surface area contributed by atoms with Gasteiger partial charge in [0.2, 0.25) is 5.91 Å². The van der Waals surface area contributed by atoms with Crippen molar-refractivity contribution >= 4 is 47.0 Å². The Hall–Kier alpha value is -2.91. The van der Waals surface area contributed by atoms with Gasteiger partial charge in [-0.2, -0.15) is 11.8 Å². The first-order valence-corrected chi connectivity index (χ1v) is 14.2. The van der Waals surface area contributed by atoms with Gasteiger partial charge in [0.1, 0.15) is 23.4 Å². The molecule has 0 saturated carbocycles. The maximum absolute atomic E-state index is 14.1. The number of phenolic OH excluding ortho intramolecular Hbond substituents is 1. The lowest BCUT2D eigenvalue weighted by Gasteiger charge is -2.37. The third-order valence-corrected chi connectivity index (χ3v) is 6.60. The SMILES string of the molecule is CSCCC(NC(=O)OC(C)(C)C)C(=O)N(C(C)C)C(C(=O)Nc1c(C)cccc1Cl)c1ccccc1O. The standard InChI is InChI=1S/C28H38ClN3O5S/c1-17(2)32(26(35)21(15-16-38-7)30-27(36)37-28(4,5)6)24(19-12-8-9-14-22(19)33)25(34)31-23-18(3)11-10-13-20(23)29/h8-14,17,21,24,33H,15-16H2,1-7H3,(H,30,36)(H,31,34). The van der Waals surface area contributed by atoms with E-state index in [0.29, 0.717) is 22.9 Å². The van der Waals surface area contributed by atoms with Gasteiger partial charge in [-0.05, 0) is 77.7 Å². The fourth-order valence-corrected chi connectivity index (χ4v) is 4.66. The molecule has 0 bridgehead atoms. The van der Waals surface area contributed by atoms with Crippen molar-refractivity contribution in [1.29, 1.82) is 0 Å². The second-order valence-corrected chi connectivity index (χ2v) is 11.6. The van der Waals surface area contributed by atoms with Gasteiger partial charge in [0.05, 0.1) is 10.7 Å². The molecule has 0 saturated heterocycles. The number of amides is 3. The second kappa shape index (κ2) is 13.8. The number of rotatable bonds is 10. The molecule has 0 aliphatic carbocycles. The van der Waals surface area contributed by atoms with Gasteiger partial charge in [0, 0.05) is 11.6 Å². The molecule has 2 rings (SSSR count). The van der Waals surface area contributed by atoms with Gasteiger partial charge < -0.3 is 25.4 Å². The van der Waals surface area contributed by atoms with Crippen molar-refractivity contribution in [3.05, 3.63) is 58.6 Å². The predicted octanol–water partition coefficient (Wildman–Crippen LogP) is 5.92. The van der Waals surface area contributed by atoms with Crippen LogP contribution in [-0.4, -0.2) is 57.6 Å². The number of hydrogen-bond acceptors (Lipinski definition) is 6. The highest BCUT2D eigenvalue weighted by molar-refractivity contribution is 7.98. The largest absolute Gasteiger partial charge is 0.508 e. The van der Waals surface area contributed by atoms with Gasteiger partial charge in [-0.3, -0.25) is 9.59 Å². The molecule has 2 atom stereocenters. The molecule has 0 aromatic heterocycles. The van der Waals surface area contributed by atoms with E-state index in [1.807, 2.05) is 19.2 Å². The minimum atomic E-state index is -1.21. The molecule has 3 amide bonds. The van der Waals surface area contributed by atoms with E-state index < -0.39 is 41.6 Å². The lowest BCUT2D eigenvalue weighted by Crippen LogP contribution is -2.54. The number of alkyl carbamates (subject to hydrolysis) is 1. The third-order valence-electron chi connectivity index (χ3n) is 5.64. The van der Waals surface area contributed by atoms with E-state index in [9.17, 15) is 19.5 Å². The number of para-hydroxylation sites is 2. The summed E-state index contributed by atoms with van der Waals surface area (Å²) in [4.78, 5) is 42.0. The van der Waals surface area contributed by atoms with Crippen LogP contribution in [0, 0.1) is 6.92 Å². The molecule has 3 N–H and O–H groups in total. The molecule has 38 heavy (non-hydrogen) atoms. The summed E-state index contributed by atoms with van der Waals surface area (Å²) < 4.78 is 5.39. The number of carbonyl (C=O) groups excluding carboxylic acids is 3. The third kappa shape index (κ3) is 8.56. The zero-order valence-corrected chi connectivity index (χ0v) is 24.6. The quantitative estimate of drug-likeness (QED) is 0.331. The van der Waals surface area contributed by atoms with Crippen molar-refractivity contribution in [2.45, 2.75) is 71.7 Å². The lowest BCUT2D eigenvalue weighted by atomic mass is 9.99. The van der Waals surface area contributed by atoms with E-state index in [0.717, 1.165) is 5.56 Å². The Bertz CT molecular complexity index is 1120. The van der Waals surface area contributed by atoms with Crippen LogP contribution in [0.25, 0.3) is 0 Å². The van der Waals surface area contributed by atoms with Crippen LogP contribution in [-0.2, 0) is 14.3 Å². The Labute approximate surface area is 234 Å². The molecular formula is C28H38ClN3O5S. The normalized spacial score (nSPS) is 13.0. The summed E-state index contributed by atoms with van der Waals surface area (Å²) in [6.07, 6.45) is 1.50. The number of aryl methyl sites for hydroxylation is 1. The maximum Gasteiger partial charge on any atom is 0.408 e. The number of aromatic hydroxyl groups is 1. The summed E-state index contributed by atoms with van der Waals surface area (Å²) in [5, 5.41) is 16.6. The smallest absolute Gasteiger partial charge is 0.408 e. The molecule has 0 aliphatic rings. The second-order valence-electron chi connectivity index (χ2n) is 10.2. The molecule has 0 spiro atoms. The van der Waals surface area contributed by atoms with E-state index in [1.165, 1.54) is 22.7 Å². The molecular weight excluding hydrogens is 526 g/mol. The predicted molar refractivity (Wildman–Crippen MR) is 154 cm³/mol. The number of halogens is 1. The van der Waals surface area contributed by atoms with Gasteiger partial charge in [-0.25, -0.2) is 4.79 Å². The number of phenols is 1. The number of ether oxygens (including phenoxy) is 1.